The Morgan fingerprint density at radius 1 is 1.05 bits per heavy atom. The molecular weight excluding hydrogens is 764 g/mol. The quantitative estimate of drug-likeness (QED) is 0.408. The zero-order valence-electron chi connectivity index (χ0n) is 33.3. The highest BCUT2D eigenvalue weighted by Crippen LogP contribution is 2.47. The summed E-state index contributed by atoms with van der Waals surface area (Å²) >= 11 is 6.49. The fourth-order valence-electron chi connectivity index (χ4n) is 10.5. The van der Waals surface area contributed by atoms with Crippen LogP contribution in [0.1, 0.15) is 60.5 Å². The van der Waals surface area contributed by atoms with Crippen LogP contribution in [0, 0.1) is 17.8 Å². The van der Waals surface area contributed by atoms with E-state index in [0.29, 0.717) is 49.6 Å². The predicted octanol–water partition coefficient (Wildman–Crippen LogP) is 5.38. The zero-order valence-corrected chi connectivity index (χ0v) is 34.9. The summed E-state index contributed by atoms with van der Waals surface area (Å²) in [7, 11) is -1.71. The second-order valence-corrected chi connectivity index (χ2v) is 20.1. The number of aryl methyl sites for hydroxylation is 1. The molecule has 9 rings (SSSR count). The van der Waals surface area contributed by atoms with E-state index in [2.05, 4.69) is 48.1 Å². The van der Waals surface area contributed by atoms with E-state index in [1.807, 2.05) is 25.1 Å². The molecule has 1 unspecified atom stereocenters. The van der Waals surface area contributed by atoms with Crippen molar-refractivity contribution in [2.24, 2.45) is 22.1 Å². The Bertz CT molecular complexity index is 2020. The van der Waals surface area contributed by atoms with Crippen LogP contribution in [-0.2, 0) is 31.2 Å². The van der Waals surface area contributed by atoms with E-state index in [1.165, 1.54) is 11.1 Å². The van der Waals surface area contributed by atoms with Crippen molar-refractivity contribution in [3.05, 3.63) is 70.3 Å². The lowest BCUT2D eigenvalue weighted by Gasteiger charge is -2.51. The third kappa shape index (κ3) is 7.96. The first kappa shape index (κ1) is 39.3. The Kier molecular flexibility index (Phi) is 11.1. The molecule has 2 aromatic rings. The number of nitrogens with one attached hydrogen (secondary N) is 1. The summed E-state index contributed by atoms with van der Waals surface area (Å²) in [6.07, 6.45) is 10.0. The molecule has 4 fully saturated rings. The third-order valence-electron chi connectivity index (χ3n) is 13.9. The molecule has 57 heavy (non-hydrogen) atoms. The number of nitrogens with zero attached hydrogens (tertiary/aromatic N) is 5. The lowest BCUT2D eigenvalue weighted by atomic mass is 9.68. The molecule has 1 saturated carbocycles. The van der Waals surface area contributed by atoms with Gasteiger partial charge in [-0.15, -0.1) is 4.36 Å². The molecule has 0 aromatic heterocycles. The molecule has 14 heteroatoms. The standard InChI is InChI=1S/C43H57ClN6O6S/c1-29-5-3-7-39(54-2)36-11-8-32(36)21-50-27-43(14-4-6-30-19-33(44)10-12-37(30)43)28-56-40-13-9-31(20-38(40)50)41(51)45-57(53,26-29)46-42(52)49-22-34(23-49)48-16-15-47-17-18-55-25-35(47)24-48/h3,7,9-10,12-13,19-20,29,32,34-36,39H,4-6,8,11,14-18,21-28H2,1-2H3,(H,45,46,51,52,53)/b7-3-/t29-,32-,35-,36+,39-,43-,57?/m0/s1. The van der Waals surface area contributed by atoms with E-state index in [-0.39, 0.29) is 29.2 Å². The van der Waals surface area contributed by atoms with Gasteiger partial charge >= 0.3 is 6.03 Å². The molecule has 3 saturated heterocycles. The Labute approximate surface area is 342 Å². The van der Waals surface area contributed by atoms with Gasteiger partial charge in [0, 0.05) is 87.6 Å². The number of allylic oxidation sites excluding steroid dienone is 1. The molecule has 3 amide bonds. The van der Waals surface area contributed by atoms with Gasteiger partial charge in [0.15, 0.2) is 0 Å². The van der Waals surface area contributed by atoms with E-state index in [0.717, 1.165) is 101 Å². The first-order chi connectivity index (χ1) is 27.6. The van der Waals surface area contributed by atoms with Crippen molar-refractivity contribution in [2.75, 3.05) is 89.9 Å². The summed E-state index contributed by atoms with van der Waals surface area (Å²) in [5.41, 5.74) is 3.47. The Balaban J connectivity index is 0.999. The van der Waals surface area contributed by atoms with Gasteiger partial charge < -0.3 is 24.0 Å². The van der Waals surface area contributed by atoms with Crippen LogP contribution in [-0.4, -0.2) is 134 Å². The van der Waals surface area contributed by atoms with Crippen LogP contribution in [0.5, 0.6) is 5.75 Å². The highest BCUT2D eigenvalue weighted by atomic mass is 35.5. The number of piperazine rings is 1. The van der Waals surface area contributed by atoms with Gasteiger partial charge in [0.2, 0.25) is 0 Å². The number of carbonyl (C=O) groups excluding carboxylic acids is 2. The van der Waals surface area contributed by atoms with Crippen molar-refractivity contribution in [3.63, 3.8) is 0 Å². The van der Waals surface area contributed by atoms with E-state index < -0.39 is 21.9 Å². The fraction of sp³-hybridized carbons (Fsp3) is 0.628. The SMILES string of the molecule is CO[C@H]1/C=C\C[C@H](C)CS(=O)(NC(=O)N2CC(N3CCN4CCOC[C@@H]4C3)C2)=NC(=O)c2ccc3c(c2)N(C[C@@H]2CC[C@H]21)C[C@@]1(CCCc2cc(Cl)ccc21)CO3. The van der Waals surface area contributed by atoms with Crippen LogP contribution >= 0.6 is 11.6 Å². The number of amides is 3. The summed E-state index contributed by atoms with van der Waals surface area (Å²) in [6, 6.07) is 11.9. The zero-order chi connectivity index (χ0) is 39.3. The largest absolute Gasteiger partial charge is 0.490 e. The van der Waals surface area contributed by atoms with Gasteiger partial charge in [-0.3, -0.25) is 19.3 Å². The van der Waals surface area contributed by atoms with E-state index >= 15 is 0 Å². The first-order valence-electron chi connectivity index (χ1n) is 21.0. The lowest BCUT2D eigenvalue weighted by molar-refractivity contribution is -0.0665. The predicted molar refractivity (Wildman–Crippen MR) is 222 cm³/mol. The number of urea groups is 1. The van der Waals surface area contributed by atoms with Gasteiger partial charge in [0.1, 0.15) is 15.7 Å². The molecule has 7 aliphatic rings. The number of benzene rings is 2. The number of hydrogen-bond acceptors (Lipinski definition) is 9. The van der Waals surface area contributed by atoms with E-state index in [1.54, 1.807) is 18.1 Å². The highest BCUT2D eigenvalue weighted by Gasteiger charge is 2.45. The minimum Gasteiger partial charge on any atom is -0.490 e. The highest BCUT2D eigenvalue weighted by molar-refractivity contribution is 7.92. The minimum atomic E-state index is -3.50. The number of anilines is 1. The molecular formula is C43H57ClN6O6S. The monoisotopic (exact) mass is 820 g/mol. The van der Waals surface area contributed by atoms with Crippen molar-refractivity contribution in [2.45, 2.75) is 69.1 Å². The lowest BCUT2D eigenvalue weighted by Crippen LogP contribution is -2.68. The molecule has 1 spiro atoms. The summed E-state index contributed by atoms with van der Waals surface area (Å²) in [6.45, 7) is 10.5. The topological polar surface area (TPSA) is 116 Å². The van der Waals surface area contributed by atoms with Crippen LogP contribution < -0.4 is 14.4 Å². The average Bonchev–Trinajstić information content (AvgIpc) is 3.31. The number of carbonyl (C=O) groups is 2. The van der Waals surface area contributed by atoms with Gasteiger partial charge in [-0.1, -0.05) is 36.7 Å². The first-order valence-corrected chi connectivity index (χ1v) is 23.1. The number of morpholine rings is 1. The van der Waals surface area contributed by atoms with Crippen molar-refractivity contribution in [1.29, 1.82) is 0 Å². The maximum atomic E-state index is 14.8. The normalized spacial score (nSPS) is 34.3. The Morgan fingerprint density at radius 2 is 1.91 bits per heavy atom. The van der Waals surface area contributed by atoms with Gasteiger partial charge in [0.25, 0.3) is 5.91 Å². The molecule has 1 N–H and O–H groups in total. The number of ether oxygens (including phenoxy) is 3. The summed E-state index contributed by atoms with van der Waals surface area (Å²) in [4.78, 5) is 37.0. The molecule has 2 aliphatic carbocycles. The van der Waals surface area contributed by atoms with Crippen LogP contribution in [0.4, 0.5) is 10.5 Å². The molecule has 12 nitrogen and oxygen atoms in total. The number of hydrogen-bond donors (Lipinski definition) is 1. The molecule has 308 valence electrons. The summed E-state index contributed by atoms with van der Waals surface area (Å²) < 4.78 is 40.5. The number of methoxy groups -OCH3 is 1. The van der Waals surface area contributed by atoms with Crippen LogP contribution in [0.15, 0.2) is 52.9 Å². The molecule has 5 aliphatic heterocycles. The molecule has 7 atom stereocenters. The number of rotatable bonds is 3. The minimum absolute atomic E-state index is 0.0472. The summed E-state index contributed by atoms with van der Waals surface area (Å²) in [5.74, 6) is 0.782. The second kappa shape index (κ2) is 16.1. The number of halogens is 1. The Hall–Kier alpha value is -3.20. The van der Waals surface area contributed by atoms with Gasteiger partial charge in [-0.2, -0.15) is 0 Å². The smallest absolute Gasteiger partial charge is 0.329 e. The van der Waals surface area contributed by atoms with Crippen molar-refractivity contribution in [3.8, 4) is 5.75 Å². The van der Waals surface area contributed by atoms with Crippen molar-refractivity contribution < 1.29 is 28.0 Å². The average molecular weight is 821 g/mol. The second-order valence-electron chi connectivity index (χ2n) is 17.7. The number of fused-ring (bicyclic) bond motifs is 5. The van der Waals surface area contributed by atoms with Gasteiger partial charge in [0.05, 0.1) is 37.4 Å². The van der Waals surface area contributed by atoms with Crippen LogP contribution in [0.3, 0.4) is 0 Å². The van der Waals surface area contributed by atoms with Crippen LogP contribution in [0.25, 0.3) is 0 Å². The fourth-order valence-corrected chi connectivity index (χ4v) is 12.6. The van der Waals surface area contributed by atoms with E-state index in [9.17, 15) is 13.8 Å². The van der Waals surface area contributed by atoms with E-state index in [4.69, 9.17) is 25.8 Å². The third-order valence-corrected chi connectivity index (χ3v) is 16.1. The van der Waals surface area contributed by atoms with Crippen LogP contribution in [0.2, 0.25) is 5.02 Å². The maximum Gasteiger partial charge on any atom is 0.329 e. The molecule has 5 heterocycles. The molecule has 2 aromatic carbocycles. The van der Waals surface area contributed by atoms with Crippen molar-refractivity contribution >= 4 is 39.1 Å². The molecule has 0 radical (unpaired) electrons. The van der Waals surface area contributed by atoms with Gasteiger partial charge in [-0.05, 0) is 97.7 Å². The Morgan fingerprint density at radius 3 is 2.74 bits per heavy atom. The molecule has 2 bridgehead atoms. The number of likely N-dealkylation sites (tertiary alicyclic amines) is 1. The maximum absolute atomic E-state index is 14.8. The van der Waals surface area contributed by atoms with Crippen molar-refractivity contribution in [1.82, 2.24) is 19.4 Å². The van der Waals surface area contributed by atoms with Gasteiger partial charge in [-0.25, -0.2) is 9.00 Å². The summed E-state index contributed by atoms with van der Waals surface area (Å²) in [5, 5.41) is 0.747.